The molecule has 1 aromatic rings. The molecule has 2 fully saturated rings. The second-order valence-electron chi connectivity index (χ2n) is 6.84. The van der Waals surface area contributed by atoms with Crippen LogP contribution in [0, 0.1) is 23.5 Å². The first-order valence-corrected chi connectivity index (χ1v) is 8.41. The second-order valence-corrected chi connectivity index (χ2v) is 6.84. The van der Waals surface area contributed by atoms with E-state index in [0.29, 0.717) is 25.9 Å². The highest BCUT2D eigenvalue weighted by molar-refractivity contribution is 5.83. The Morgan fingerprint density at radius 3 is 2.83 bits per heavy atom. The Balaban J connectivity index is 1.59. The standard InChI is InChI=1S/C18H21F2NO3/c19-12-4-5-16(20)14(8-12)13-9-15(13)18(24)21-7-1-2-11(10-21)3-6-17(22)23/h4-5,8,11,13,15H,1-3,6-7,9-10H2,(H,22,23)/t11-,13-,15-/m0/s1. The zero-order chi connectivity index (χ0) is 17.3. The third-order valence-corrected chi connectivity index (χ3v) is 5.06. The SMILES string of the molecule is O=C(O)CC[C@@H]1CCCN(C(=O)[C@H]2C[C@H]2c2cc(F)ccc2F)C1. The van der Waals surface area contributed by atoms with Gasteiger partial charge in [0, 0.05) is 25.4 Å². The number of carbonyl (C=O) groups is 2. The molecule has 1 aliphatic carbocycles. The molecule has 1 saturated heterocycles. The molecule has 2 aliphatic rings. The van der Waals surface area contributed by atoms with Gasteiger partial charge in [0.05, 0.1) is 0 Å². The molecule has 1 amide bonds. The second kappa shape index (κ2) is 6.87. The van der Waals surface area contributed by atoms with Gasteiger partial charge >= 0.3 is 5.97 Å². The number of nitrogens with zero attached hydrogens (tertiary/aromatic N) is 1. The number of piperidine rings is 1. The van der Waals surface area contributed by atoms with Crippen molar-refractivity contribution in [2.24, 2.45) is 11.8 Å². The van der Waals surface area contributed by atoms with E-state index in [1.54, 1.807) is 4.90 Å². The van der Waals surface area contributed by atoms with Crippen LogP contribution in [0.15, 0.2) is 18.2 Å². The Kier molecular flexibility index (Phi) is 4.83. The van der Waals surface area contributed by atoms with Crippen molar-refractivity contribution in [2.45, 2.75) is 38.0 Å². The van der Waals surface area contributed by atoms with E-state index < -0.39 is 17.6 Å². The summed E-state index contributed by atoms with van der Waals surface area (Å²) >= 11 is 0. The number of likely N-dealkylation sites (tertiary alicyclic amines) is 1. The highest BCUT2D eigenvalue weighted by atomic mass is 19.1. The van der Waals surface area contributed by atoms with Gasteiger partial charge < -0.3 is 10.0 Å². The smallest absolute Gasteiger partial charge is 0.303 e. The lowest BCUT2D eigenvalue weighted by Crippen LogP contribution is -2.41. The molecule has 0 unspecified atom stereocenters. The van der Waals surface area contributed by atoms with Crippen molar-refractivity contribution in [3.05, 3.63) is 35.4 Å². The van der Waals surface area contributed by atoms with E-state index in [0.717, 1.165) is 25.0 Å². The molecule has 3 atom stereocenters. The van der Waals surface area contributed by atoms with Gasteiger partial charge in [-0.3, -0.25) is 9.59 Å². The fraction of sp³-hybridized carbons (Fsp3) is 0.556. The topological polar surface area (TPSA) is 57.6 Å². The van der Waals surface area contributed by atoms with E-state index in [-0.39, 0.29) is 35.6 Å². The molecule has 6 heteroatoms. The van der Waals surface area contributed by atoms with Gasteiger partial charge in [0.1, 0.15) is 11.6 Å². The summed E-state index contributed by atoms with van der Waals surface area (Å²) in [7, 11) is 0. The number of hydrogen-bond acceptors (Lipinski definition) is 2. The van der Waals surface area contributed by atoms with Crippen LogP contribution >= 0.6 is 0 Å². The summed E-state index contributed by atoms with van der Waals surface area (Å²) in [4.78, 5) is 25.1. The van der Waals surface area contributed by atoms with Gasteiger partial charge in [0.15, 0.2) is 0 Å². The molecule has 4 nitrogen and oxygen atoms in total. The number of carbonyl (C=O) groups excluding carboxylic acids is 1. The molecule has 130 valence electrons. The van der Waals surface area contributed by atoms with Crippen LogP contribution in [0.5, 0.6) is 0 Å². The van der Waals surface area contributed by atoms with E-state index in [4.69, 9.17) is 5.11 Å². The van der Waals surface area contributed by atoms with Crippen molar-refractivity contribution in [3.8, 4) is 0 Å². The van der Waals surface area contributed by atoms with E-state index in [9.17, 15) is 18.4 Å². The van der Waals surface area contributed by atoms with Gasteiger partial charge in [-0.2, -0.15) is 0 Å². The lowest BCUT2D eigenvalue weighted by molar-refractivity contribution is -0.137. The summed E-state index contributed by atoms with van der Waals surface area (Å²) in [5.41, 5.74) is 0.285. The molecular weight excluding hydrogens is 316 g/mol. The third-order valence-electron chi connectivity index (χ3n) is 5.06. The maximum Gasteiger partial charge on any atom is 0.303 e. The van der Waals surface area contributed by atoms with Gasteiger partial charge in [-0.15, -0.1) is 0 Å². The number of amides is 1. The molecule has 1 saturated carbocycles. The van der Waals surface area contributed by atoms with Crippen LogP contribution in [0.25, 0.3) is 0 Å². The Morgan fingerprint density at radius 1 is 1.29 bits per heavy atom. The molecule has 0 aromatic heterocycles. The van der Waals surface area contributed by atoms with Crippen LogP contribution in [0.2, 0.25) is 0 Å². The number of benzene rings is 1. The molecular formula is C18H21F2NO3. The fourth-order valence-electron chi connectivity index (χ4n) is 3.67. The van der Waals surface area contributed by atoms with E-state index in [1.165, 1.54) is 6.07 Å². The summed E-state index contributed by atoms with van der Waals surface area (Å²) in [6.07, 6.45) is 3.04. The van der Waals surface area contributed by atoms with Crippen molar-refractivity contribution < 1.29 is 23.5 Å². The highest BCUT2D eigenvalue weighted by Crippen LogP contribution is 2.49. The highest BCUT2D eigenvalue weighted by Gasteiger charge is 2.47. The maximum atomic E-state index is 13.8. The van der Waals surface area contributed by atoms with Gasteiger partial charge in [-0.05, 0) is 61.3 Å². The monoisotopic (exact) mass is 337 g/mol. The van der Waals surface area contributed by atoms with Crippen molar-refractivity contribution in [2.75, 3.05) is 13.1 Å². The number of rotatable bonds is 5. The zero-order valence-corrected chi connectivity index (χ0v) is 13.4. The van der Waals surface area contributed by atoms with Crippen LogP contribution in [0.1, 0.15) is 43.6 Å². The van der Waals surface area contributed by atoms with Crippen molar-refractivity contribution in [1.29, 1.82) is 0 Å². The average Bonchev–Trinajstić information content (AvgIpc) is 3.35. The minimum atomic E-state index is -0.817. The van der Waals surface area contributed by atoms with Crippen LogP contribution in [-0.2, 0) is 9.59 Å². The summed E-state index contributed by atoms with van der Waals surface area (Å²) < 4.78 is 27.1. The molecule has 0 spiro atoms. The predicted octanol–water partition coefficient (Wildman–Crippen LogP) is 3.17. The largest absolute Gasteiger partial charge is 0.481 e. The first kappa shape index (κ1) is 16.9. The summed E-state index contributed by atoms with van der Waals surface area (Å²) in [5.74, 6) is -2.09. The van der Waals surface area contributed by atoms with Gasteiger partial charge in [-0.25, -0.2) is 8.78 Å². The van der Waals surface area contributed by atoms with Crippen LogP contribution in [0.4, 0.5) is 8.78 Å². The maximum absolute atomic E-state index is 13.8. The van der Waals surface area contributed by atoms with E-state index in [1.807, 2.05) is 0 Å². The van der Waals surface area contributed by atoms with Gasteiger partial charge in [-0.1, -0.05) is 0 Å². The lowest BCUT2D eigenvalue weighted by Gasteiger charge is -2.33. The molecule has 1 aliphatic heterocycles. The van der Waals surface area contributed by atoms with E-state index >= 15 is 0 Å². The number of carboxylic acid groups (broad SMARTS) is 1. The molecule has 1 aromatic carbocycles. The molecule has 0 radical (unpaired) electrons. The Hall–Kier alpha value is -1.98. The molecule has 24 heavy (non-hydrogen) atoms. The zero-order valence-electron chi connectivity index (χ0n) is 13.4. The summed E-state index contributed by atoms with van der Waals surface area (Å²) in [6.45, 7) is 1.23. The first-order valence-electron chi connectivity index (χ1n) is 8.41. The van der Waals surface area contributed by atoms with Gasteiger partial charge in [0.2, 0.25) is 5.91 Å². The van der Waals surface area contributed by atoms with Crippen molar-refractivity contribution in [1.82, 2.24) is 4.90 Å². The molecule has 1 N–H and O–H groups in total. The Bertz CT molecular complexity index is 649. The first-order chi connectivity index (χ1) is 11.5. The van der Waals surface area contributed by atoms with Crippen LogP contribution < -0.4 is 0 Å². The fourth-order valence-corrected chi connectivity index (χ4v) is 3.67. The normalized spacial score (nSPS) is 26.2. The van der Waals surface area contributed by atoms with Crippen LogP contribution in [0.3, 0.4) is 0 Å². The lowest BCUT2D eigenvalue weighted by atomic mass is 9.93. The molecule has 3 rings (SSSR count). The molecule has 0 bridgehead atoms. The molecule has 1 heterocycles. The number of hydrogen-bond donors (Lipinski definition) is 1. The quantitative estimate of drug-likeness (QED) is 0.898. The Labute approximate surface area is 139 Å². The number of carboxylic acids is 1. The van der Waals surface area contributed by atoms with Crippen molar-refractivity contribution >= 4 is 11.9 Å². The summed E-state index contributed by atoms with van der Waals surface area (Å²) in [5, 5.41) is 8.78. The third kappa shape index (κ3) is 3.74. The van der Waals surface area contributed by atoms with Crippen LogP contribution in [-0.4, -0.2) is 35.0 Å². The number of halogens is 2. The van der Waals surface area contributed by atoms with E-state index in [2.05, 4.69) is 0 Å². The minimum Gasteiger partial charge on any atom is -0.481 e. The summed E-state index contributed by atoms with van der Waals surface area (Å²) in [6, 6.07) is 3.36. The average molecular weight is 337 g/mol. The number of aliphatic carboxylic acids is 1. The predicted molar refractivity (Wildman–Crippen MR) is 83.4 cm³/mol. The minimum absolute atomic E-state index is 0.0105. The Morgan fingerprint density at radius 2 is 2.08 bits per heavy atom. The van der Waals surface area contributed by atoms with Gasteiger partial charge in [0.25, 0.3) is 0 Å². The van der Waals surface area contributed by atoms with Crippen molar-refractivity contribution in [3.63, 3.8) is 0 Å².